The number of benzene rings is 1. The zero-order chi connectivity index (χ0) is 16.4. The number of nitrogens with zero attached hydrogens (tertiary/aromatic N) is 2. The second-order valence-electron chi connectivity index (χ2n) is 5.40. The Morgan fingerprint density at radius 3 is 2.83 bits per heavy atom. The Bertz CT molecular complexity index is 738. The van der Waals surface area contributed by atoms with Crippen molar-refractivity contribution in [2.75, 3.05) is 26.1 Å². The van der Waals surface area contributed by atoms with Crippen LogP contribution in [0.3, 0.4) is 0 Å². The van der Waals surface area contributed by atoms with Crippen LogP contribution in [0.4, 0.5) is 5.82 Å². The van der Waals surface area contributed by atoms with E-state index in [1.54, 1.807) is 14.2 Å². The molecule has 1 aromatic heterocycles. The Morgan fingerprint density at radius 2 is 2.13 bits per heavy atom. The Balaban J connectivity index is 2.23. The van der Waals surface area contributed by atoms with Crippen LogP contribution in [-0.4, -0.2) is 36.5 Å². The number of hydrogen-bond donors (Lipinski definition) is 3. The molecule has 2 aromatic rings. The third-order valence-electron chi connectivity index (χ3n) is 4.02. The first-order valence-electron chi connectivity index (χ1n) is 7.59. The van der Waals surface area contributed by atoms with Gasteiger partial charge in [0, 0.05) is 17.7 Å². The van der Waals surface area contributed by atoms with Crippen LogP contribution in [0.15, 0.2) is 18.2 Å². The number of hydrogen-bond acceptors (Lipinski definition) is 5. The number of ether oxygens (including phenoxy) is 2. The molecule has 0 fully saturated rings. The lowest BCUT2D eigenvalue weighted by molar-refractivity contribution is 0.356. The molecule has 0 amide bonds. The molecule has 0 bridgehead atoms. The lowest BCUT2D eigenvalue weighted by Gasteiger charge is -2.12. The van der Waals surface area contributed by atoms with Crippen LogP contribution in [-0.2, 0) is 6.42 Å². The Morgan fingerprint density at radius 1 is 1.30 bits per heavy atom. The van der Waals surface area contributed by atoms with Crippen LogP contribution >= 0.6 is 0 Å². The summed E-state index contributed by atoms with van der Waals surface area (Å²) >= 11 is 0. The number of anilines is 1. The van der Waals surface area contributed by atoms with Crippen molar-refractivity contribution in [3.63, 3.8) is 0 Å². The largest absolute Gasteiger partial charge is 0.493 e. The third kappa shape index (κ3) is 2.58. The van der Waals surface area contributed by atoms with Crippen LogP contribution < -0.4 is 20.5 Å². The highest BCUT2D eigenvalue weighted by molar-refractivity contribution is 5.85. The number of methoxy groups -OCH3 is 2. The normalized spacial score (nSPS) is 13.7. The molecular formula is C16H21N5O2. The van der Waals surface area contributed by atoms with Crippen molar-refractivity contribution in [1.29, 1.82) is 5.41 Å². The van der Waals surface area contributed by atoms with Gasteiger partial charge in [-0.25, -0.2) is 0 Å². The van der Waals surface area contributed by atoms with E-state index in [1.807, 2.05) is 18.2 Å². The average Bonchev–Trinajstić information content (AvgIpc) is 2.75. The maximum atomic E-state index is 7.78. The van der Waals surface area contributed by atoms with Gasteiger partial charge < -0.3 is 20.5 Å². The lowest BCUT2D eigenvalue weighted by Crippen LogP contribution is -2.24. The molecule has 7 nitrogen and oxygen atoms in total. The van der Waals surface area contributed by atoms with Crippen molar-refractivity contribution in [2.45, 2.75) is 19.3 Å². The smallest absolute Gasteiger partial charge is 0.215 e. The quantitative estimate of drug-likeness (QED) is 0.595. The molecule has 4 N–H and O–H groups in total. The van der Waals surface area contributed by atoms with E-state index in [0.717, 1.165) is 48.4 Å². The minimum absolute atomic E-state index is 0.108. The van der Waals surface area contributed by atoms with Crippen molar-refractivity contribution in [2.24, 2.45) is 5.73 Å². The molecule has 1 aliphatic rings. The van der Waals surface area contributed by atoms with Gasteiger partial charge in [0.15, 0.2) is 11.5 Å². The molecule has 122 valence electrons. The summed E-state index contributed by atoms with van der Waals surface area (Å²) in [7, 11) is 3.22. The molecule has 1 aliphatic heterocycles. The molecule has 0 saturated carbocycles. The highest BCUT2D eigenvalue weighted by Gasteiger charge is 2.24. The Hall–Kier alpha value is -2.70. The predicted molar refractivity (Wildman–Crippen MR) is 89.5 cm³/mol. The lowest BCUT2D eigenvalue weighted by atomic mass is 10.0. The van der Waals surface area contributed by atoms with Crippen LogP contribution in [0, 0.1) is 5.41 Å². The van der Waals surface area contributed by atoms with Gasteiger partial charge in [-0.3, -0.25) is 5.41 Å². The first-order valence-corrected chi connectivity index (χ1v) is 7.59. The van der Waals surface area contributed by atoms with Crippen LogP contribution in [0.2, 0.25) is 0 Å². The number of fused-ring (bicyclic) bond motifs is 1. The summed E-state index contributed by atoms with van der Waals surface area (Å²) in [5.74, 6) is 1.98. The molecule has 7 heteroatoms. The molecule has 3 rings (SSSR count). The minimum Gasteiger partial charge on any atom is -0.493 e. The van der Waals surface area contributed by atoms with Crippen molar-refractivity contribution in [1.82, 2.24) is 9.78 Å². The molecule has 2 heterocycles. The van der Waals surface area contributed by atoms with Gasteiger partial charge in [-0.15, -0.1) is 0 Å². The molecule has 0 unspecified atom stereocenters. The maximum absolute atomic E-state index is 7.78. The fourth-order valence-corrected chi connectivity index (χ4v) is 2.97. The zero-order valence-corrected chi connectivity index (χ0v) is 13.3. The molecule has 0 aliphatic carbocycles. The average molecular weight is 315 g/mol. The topological polar surface area (TPSA) is 98.2 Å². The van der Waals surface area contributed by atoms with Gasteiger partial charge in [0.25, 0.3) is 0 Å². The van der Waals surface area contributed by atoms with Crippen molar-refractivity contribution in [3.05, 3.63) is 23.8 Å². The van der Waals surface area contributed by atoms with E-state index < -0.39 is 0 Å². The summed E-state index contributed by atoms with van der Waals surface area (Å²) in [6.07, 6.45) is 3.01. The standard InChI is InChI=1S/C16H21N5O2/c1-22-12-8-5-7-10(14(12)23-2)13-11-6-3-4-9-19-15(11)21(20-13)16(17)18/h5,7-8,19H,3-4,6,9H2,1-2H3,(H3,17,18). The van der Waals surface area contributed by atoms with E-state index in [9.17, 15) is 0 Å². The summed E-state index contributed by atoms with van der Waals surface area (Å²) in [4.78, 5) is 0. The van der Waals surface area contributed by atoms with E-state index in [4.69, 9.17) is 20.6 Å². The molecule has 23 heavy (non-hydrogen) atoms. The number of nitrogen functional groups attached to an aromatic ring is 1. The summed E-state index contributed by atoms with van der Waals surface area (Å²) in [6.45, 7) is 0.848. The monoisotopic (exact) mass is 315 g/mol. The number of nitrogens with one attached hydrogen (secondary N) is 2. The molecule has 0 saturated heterocycles. The van der Waals surface area contributed by atoms with E-state index in [-0.39, 0.29) is 5.96 Å². The summed E-state index contributed by atoms with van der Waals surface area (Å²) < 4.78 is 12.4. The van der Waals surface area contributed by atoms with Crippen molar-refractivity contribution < 1.29 is 9.47 Å². The van der Waals surface area contributed by atoms with Gasteiger partial charge in [0.1, 0.15) is 11.5 Å². The van der Waals surface area contributed by atoms with E-state index >= 15 is 0 Å². The van der Waals surface area contributed by atoms with Gasteiger partial charge >= 0.3 is 0 Å². The molecule has 0 radical (unpaired) electrons. The highest BCUT2D eigenvalue weighted by Crippen LogP contribution is 2.41. The summed E-state index contributed by atoms with van der Waals surface area (Å²) in [5.41, 5.74) is 8.37. The fraction of sp³-hybridized carbons (Fsp3) is 0.375. The Labute approximate surface area is 134 Å². The van der Waals surface area contributed by atoms with E-state index in [1.165, 1.54) is 4.68 Å². The SMILES string of the molecule is COc1cccc(-c2nn(C(=N)N)c3c2CCCCN3)c1OC. The number of aromatic nitrogens is 2. The first-order chi connectivity index (χ1) is 11.2. The summed E-state index contributed by atoms with van der Waals surface area (Å²) in [5, 5.41) is 15.7. The Kier molecular flexibility index (Phi) is 4.10. The summed E-state index contributed by atoms with van der Waals surface area (Å²) in [6, 6.07) is 5.69. The van der Waals surface area contributed by atoms with Gasteiger partial charge in [-0.05, 0) is 31.4 Å². The van der Waals surface area contributed by atoms with Crippen molar-refractivity contribution >= 4 is 11.8 Å². The van der Waals surface area contributed by atoms with Gasteiger partial charge in [0.05, 0.1) is 14.2 Å². The molecule has 0 spiro atoms. The van der Waals surface area contributed by atoms with Crippen molar-refractivity contribution in [3.8, 4) is 22.8 Å². The third-order valence-corrected chi connectivity index (χ3v) is 4.02. The molecular weight excluding hydrogens is 294 g/mol. The van der Waals surface area contributed by atoms with Crippen LogP contribution in [0.5, 0.6) is 11.5 Å². The second-order valence-corrected chi connectivity index (χ2v) is 5.40. The zero-order valence-electron chi connectivity index (χ0n) is 13.3. The van der Waals surface area contributed by atoms with E-state index in [2.05, 4.69) is 10.4 Å². The molecule has 1 aromatic carbocycles. The predicted octanol–water partition coefficient (Wildman–Crippen LogP) is 2.06. The first kappa shape index (κ1) is 15.2. The molecule has 0 atom stereocenters. The van der Waals surface area contributed by atoms with Crippen LogP contribution in [0.1, 0.15) is 18.4 Å². The second kappa shape index (κ2) is 6.20. The number of para-hydroxylation sites is 1. The van der Waals surface area contributed by atoms with Gasteiger partial charge in [-0.1, -0.05) is 6.07 Å². The highest BCUT2D eigenvalue weighted by atomic mass is 16.5. The minimum atomic E-state index is -0.108. The number of nitrogens with two attached hydrogens (primary N) is 1. The maximum Gasteiger partial charge on any atom is 0.215 e. The number of rotatable bonds is 3. The van der Waals surface area contributed by atoms with Gasteiger partial charge in [-0.2, -0.15) is 9.78 Å². The van der Waals surface area contributed by atoms with Crippen LogP contribution in [0.25, 0.3) is 11.3 Å². The van der Waals surface area contributed by atoms with E-state index in [0.29, 0.717) is 11.5 Å². The fourth-order valence-electron chi connectivity index (χ4n) is 2.97. The van der Waals surface area contributed by atoms with Gasteiger partial charge in [0.2, 0.25) is 5.96 Å².